The first-order valence-electron chi connectivity index (χ1n) is 7.02. The fraction of sp³-hybridized carbons (Fsp3) is 0.867. The zero-order valence-corrected chi connectivity index (χ0v) is 11.8. The van der Waals surface area contributed by atoms with Crippen LogP contribution in [-0.4, -0.2) is 25.8 Å². The Bertz CT molecular complexity index is 219. The first kappa shape index (κ1) is 14.7. The molecule has 1 aliphatic carbocycles. The summed E-state index contributed by atoms with van der Waals surface area (Å²) in [6, 6.07) is 0.486. The Hall–Kier alpha value is -0.340. The minimum atomic E-state index is 0.0719. The number of hydrogen-bond acceptors (Lipinski definition) is 2. The molecule has 0 heterocycles. The van der Waals surface area contributed by atoms with Crippen molar-refractivity contribution in [1.29, 1.82) is 0 Å². The summed E-state index contributed by atoms with van der Waals surface area (Å²) in [6.45, 7) is 6.14. The third-order valence-corrected chi connectivity index (χ3v) is 4.41. The zero-order chi connectivity index (χ0) is 12.7. The molecule has 1 unspecified atom stereocenters. The van der Waals surface area contributed by atoms with Gasteiger partial charge in [-0.3, -0.25) is 0 Å². The van der Waals surface area contributed by atoms with E-state index in [1.54, 1.807) is 0 Å². The van der Waals surface area contributed by atoms with Crippen molar-refractivity contribution < 1.29 is 4.74 Å². The molecule has 2 nitrogen and oxygen atoms in total. The zero-order valence-electron chi connectivity index (χ0n) is 11.8. The number of allylic oxidation sites excluding steroid dienone is 1. The smallest absolute Gasteiger partial charge is 0.0831 e. The van der Waals surface area contributed by atoms with Crippen LogP contribution in [0.1, 0.15) is 51.9 Å². The van der Waals surface area contributed by atoms with E-state index in [1.807, 2.05) is 13.2 Å². The van der Waals surface area contributed by atoms with Gasteiger partial charge in [-0.05, 0) is 57.9 Å². The van der Waals surface area contributed by atoms with Crippen molar-refractivity contribution in [3.63, 3.8) is 0 Å². The summed E-state index contributed by atoms with van der Waals surface area (Å²) in [7, 11) is 3.95. The lowest BCUT2D eigenvalue weighted by Gasteiger charge is -2.44. The predicted molar refractivity (Wildman–Crippen MR) is 74.3 cm³/mol. The van der Waals surface area contributed by atoms with E-state index in [0.29, 0.717) is 6.04 Å². The van der Waals surface area contributed by atoms with Crippen LogP contribution in [0.2, 0.25) is 0 Å². The van der Waals surface area contributed by atoms with Gasteiger partial charge in [-0.15, -0.1) is 6.58 Å². The Morgan fingerprint density at radius 1 is 1.47 bits per heavy atom. The van der Waals surface area contributed by atoms with Gasteiger partial charge in [0.1, 0.15) is 0 Å². The molecule has 1 atom stereocenters. The molecule has 1 N–H and O–H groups in total. The van der Waals surface area contributed by atoms with E-state index >= 15 is 0 Å². The fourth-order valence-corrected chi connectivity index (χ4v) is 3.08. The molecule has 0 aliphatic heterocycles. The van der Waals surface area contributed by atoms with Crippen LogP contribution >= 0.6 is 0 Å². The minimum absolute atomic E-state index is 0.0719. The quantitative estimate of drug-likeness (QED) is 0.542. The molecule has 0 amide bonds. The standard InChI is InChI=1S/C15H29NO/c1-5-6-7-8-14(16-3)15(17-4)11-9-13(2)10-12-15/h5,13-14,16H,1,6-12H2,2-4H3. The molecular weight excluding hydrogens is 210 g/mol. The number of likely N-dealkylation sites (N-methyl/N-ethyl adjacent to an activating group) is 1. The average molecular weight is 239 g/mol. The van der Waals surface area contributed by atoms with E-state index in [9.17, 15) is 0 Å². The summed E-state index contributed by atoms with van der Waals surface area (Å²) in [5, 5.41) is 3.48. The van der Waals surface area contributed by atoms with Gasteiger partial charge in [0.2, 0.25) is 0 Å². The van der Waals surface area contributed by atoms with Gasteiger partial charge in [0.25, 0.3) is 0 Å². The van der Waals surface area contributed by atoms with E-state index < -0.39 is 0 Å². The van der Waals surface area contributed by atoms with Crippen LogP contribution in [0.15, 0.2) is 12.7 Å². The summed E-state index contributed by atoms with van der Waals surface area (Å²) < 4.78 is 5.92. The van der Waals surface area contributed by atoms with Crippen LogP contribution in [0.5, 0.6) is 0 Å². The Labute approximate surface area is 107 Å². The van der Waals surface area contributed by atoms with E-state index in [0.717, 1.165) is 12.3 Å². The molecule has 0 radical (unpaired) electrons. The lowest BCUT2D eigenvalue weighted by atomic mass is 9.74. The lowest BCUT2D eigenvalue weighted by Crippen LogP contribution is -2.52. The number of rotatable bonds is 7. The minimum Gasteiger partial charge on any atom is -0.377 e. The second-order valence-corrected chi connectivity index (χ2v) is 5.51. The van der Waals surface area contributed by atoms with Crippen molar-refractivity contribution in [3.8, 4) is 0 Å². The van der Waals surface area contributed by atoms with Gasteiger partial charge in [0.05, 0.1) is 5.60 Å². The maximum absolute atomic E-state index is 5.92. The molecule has 1 aliphatic rings. The maximum Gasteiger partial charge on any atom is 0.0831 e. The number of methoxy groups -OCH3 is 1. The number of ether oxygens (including phenoxy) is 1. The third-order valence-electron chi connectivity index (χ3n) is 4.41. The van der Waals surface area contributed by atoms with Gasteiger partial charge in [0.15, 0.2) is 0 Å². The van der Waals surface area contributed by atoms with Crippen molar-refractivity contribution in [1.82, 2.24) is 5.32 Å². The van der Waals surface area contributed by atoms with Crippen molar-refractivity contribution in [2.75, 3.05) is 14.2 Å². The first-order valence-corrected chi connectivity index (χ1v) is 7.02. The van der Waals surface area contributed by atoms with Crippen LogP contribution in [0, 0.1) is 5.92 Å². The normalized spacial score (nSPS) is 31.1. The van der Waals surface area contributed by atoms with E-state index in [2.05, 4.69) is 25.9 Å². The summed E-state index contributed by atoms with van der Waals surface area (Å²) in [5.74, 6) is 0.865. The molecule has 1 rings (SSSR count). The van der Waals surface area contributed by atoms with Crippen LogP contribution in [0.3, 0.4) is 0 Å². The first-order chi connectivity index (χ1) is 8.18. The highest BCUT2D eigenvalue weighted by Gasteiger charge is 2.40. The molecule has 100 valence electrons. The Kier molecular flexibility index (Phi) is 6.21. The molecule has 1 fully saturated rings. The van der Waals surface area contributed by atoms with Gasteiger partial charge < -0.3 is 10.1 Å². The monoisotopic (exact) mass is 239 g/mol. The Balaban J connectivity index is 2.58. The van der Waals surface area contributed by atoms with Crippen molar-refractivity contribution in [3.05, 3.63) is 12.7 Å². The highest BCUT2D eigenvalue weighted by molar-refractivity contribution is 4.96. The van der Waals surface area contributed by atoms with Gasteiger partial charge in [-0.2, -0.15) is 0 Å². The van der Waals surface area contributed by atoms with Crippen LogP contribution in [0.4, 0.5) is 0 Å². The van der Waals surface area contributed by atoms with Gasteiger partial charge in [0, 0.05) is 13.2 Å². The van der Waals surface area contributed by atoms with E-state index in [1.165, 1.54) is 38.5 Å². The van der Waals surface area contributed by atoms with Crippen LogP contribution < -0.4 is 5.32 Å². The molecule has 0 spiro atoms. The highest BCUT2D eigenvalue weighted by Crippen LogP contribution is 2.38. The number of nitrogens with one attached hydrogen (secondary N) is 1. The molecule has 0 aromatic rings. The Morgan fingerprint density at radius 3 is 2.59 bits per heavy atom. The SMILES string of the molecule is C=CCCCC(NC)C1(OC)CCC(C)CC1. The largest absolute Gasteiger partial charge is 0.377 e. The summed E-state index contributed by atoms with van der Waals surface area (Å²) in [5.41, 5.74) is 0.0719. The summed E-state index contributed by atoms with van der Waals surface area (Å²) in [4.78, 5) is 0. The molecule has 0 saturated heterocycles. The molecule has 0 aromatic heterocycles. The van der Waals surface area contributed by atoms with Crippen molar-refractivity contribution in [2.45, 2.75) is 63.5 Å². The highest BCUT2D eigenvalue weighted by atomic mass is 16.5. The van der Waals surface area contributed by atoms with Gasteiger partial charge in [-0.25, -0.2) is 0 Å². The molecule has 0 aromatic carbocycles. The molecule has 0 bridgehead atoms. The second kappa shape index (κ2) is 7.17. The Morgan fingerprint density at radius 2 is 2.12 bits per heavy atom. The van der Waals surface area contributed by atoms with Crippen molar-refractivity contribution in [2.24, 2.45) is 5.92 Å². The molecule has 17 heavy (non-hydrogen) atoms. The molecular formula is C15H29NO. The van der Waals surface area contributed by atoms with Gasteiger partial charge >= 0.3 is 0 Å². The third kappa shape index (κ3) is 3.82. The van der Waals surface area contributed by atoms with Crippen LogP contribution in [0.25, 0.3) is 0 Å². The maximum atomic E-state index is 5.92. The number of unbranched alkanes of at least 4 members (excludes halogenated alkanes) is 1. The topological polar surface area (TPSA) is 21.3 Å². The molecule has 2 heteroatoms. The second-order valence-electron chi connectivity index (χ2n) is 5.51. The van der Waals surface area contributed by atoms with Crippen molar-refractivity contribution >= 4 is 0 Å². The van der Waals surface area contributed by atoms with E-state index in [-0.39, 0.29) is 5.60 Å². The van der Waals surface area contributed by atoms with Gasteiger partial charge in [-0.1, -0.05) is 13.0 Å². The summed E-state index contributed by atoms with van der Waals surface area (Å²) in [6.07, 6.45) is 10.5. The molecule has 1 saturated carbocycles. The number of hydrogen-bond donors (Lipinski definition) is 1. The fourth-order valence-electron chi connectivity index (χ4n) is 3.08. The average Bonchev–Trinajstić information content (AvgIpc) is 2.37. The van der Waals surface area contributed by atoms with E-state index in [4.69, 9.17) is 4.74 Å². The van der Waals surface area contributed by atoms with Crippen LogP contribution in [-0.2, 0) is 4.74 Å². The predicted octanol–water partition coefficient (Wildman–Crippen LogP) is 3.53. The summed E-state index contributed by atoms with van der Waals surface area (Å²) >= 11 is 0. The lowest BCUT2D eigenvalue weighted by molar-refractivity contribution is -0.0752.